The summed E-state index contributed by atoms with van der Waals surface area (Å²) in [6.07, 6.45) is 7.64. The quantitative estimate of drug-likeness (QED) is 0.401. The van der Waals surface area contributed by atoms with Crippen LogP contribution < -0.4 is 0 Å². The molecule has 5 nitrogen and oxygen atoms in total. The van der Waals surface area contributed by atoms with Crippen LogP contribution in [0.3, 0.4) is 0 Å². The van der Waals surface area contributed by atoms with E-state index in [2.05, 4.69) is 19.1 Å². The zero-order chi connectivity index (χ0) is 24.2. The minimum atomic E-state index is -0.916. The first-order chi connectivity index (χ1) is 15.6. The van der Waals surface area contributed by atoms with Gasteiger partial charge in [0.15, 0.2) is 6.04 Å². The molecule has 1 aromatic rings. The molecule has 0 aromatic heterocycles. The Morgan fingerprint density at radius 1 is 1.03 bits per heavy atom. The third-order valence-corrected chi connectivity index (χ3v) is 8.62. The van der Waals surface area contributed by atoms with Crippen LogP contribution in [-0.4, -0.2) is 45.9 Å². The molecule has 1 N–H and O–H groups in total. The fraction of sp³-hybridized carbons (Fsp3) is 0.679. The highest BCUT2D eigenvalue weighted by Crippen LogP contribution is 2.43. The van der Waals surface area contributed by atoms with Crippen molar-refractivity contribution in [3.8, 4) is 0 Å². The highest BCUT2D eigenvalue weighted by Gasteiger charge is 2.61. The number of piperidine rings is 1. The molecule has 2 fully saturated rings. The number of Topliss-reactive ketones (excluding diaryl/α,β-unsaturated/α-hetero) is 1. The summed E-state index contributed by atoms with van der Waals surface area (Å²) in [5.74, 6) is -1.69. The number of rotatable bonds is 8. The number of carboxylic acids is 1. The Labute approximate surface area is 199 Å². The molecule has 1 aliphatic carbocycles. The lowest BCUT2D eigenvalue weighted by Gasteiger charge is -2.52. The first-order valence-corrected chi connectivity index (χ1v) is 12.9. The van der Waals surface area contributed by atoms with E-state index in [1.54, 1.807) is 0 Å². The van der Waals surface area contributed by atoms with Crippen LogP contribution in [0.15, 0.2) is 30.3 Å². The predicted octanol–water partition coefficient (Wildman–Crippen LogP) is 5.72. The molecule has 3 rings (SSSR count). The number of hydrogen-bond donors (Lipinski definition) is 1. The summed E-state index contributed by atoms with van der Waals surface area (Å²) in [6, 6.07) is 9.27. The average Bonchev–Trinajstić information content (AvgIpc) is 2.83. The van der Waals surface area contributed by atoms with E-state index in [0.29, 0.717) is 19.4 Å². The Morgan fingerprint density at radius 2 is 1.67 bits per heavy atom. The van der Waals surface area contributed by atoms with Crippen molar-refractivity contribution in [3.05, 3.63) is 35.9 Å². The Hall–Kier alpha value is -2.01. The molecule has 0 radical (unpaired) electrons. The smallest absolute Gasteiger partial charge is 0.383 e. The van der Waals surface area contributed by atoms with Crippen LogP contribution in [0.25, 0.3) is 0 Å². The Bertz CT molecular complexity index is 843. The van der Waals surface area contributed by atoms with E-state index in [-0.39, 0.29) is 22.4 Å². The lowest BCUT2D eigenvalue weighted by Crippen LogP contribution is -2.73. The minimum Gasteiger partial charge on any atom is -0.477 e. The second-order valence-corrected chi connectivity index (χ2v) is 11.1. The van der Waals surface area contributed by atoms with E-state index >= 15 is 0 Å². The van der Waals surface area contributed by atoms with Gasteiger partial charge in [-0.25, -0.2) is 14.1 Å². The van der Waals surface area contributed by atoms with Crippen molar-refractivity contribution in [2.75, 3.05) is 6.54 Å². The number of carbonyl (C=O) groups is 3. The molecule has 1 saturated carbocycles. The molecule has 5 heteroatoms. The molecule has 182 valence electrons. The number of likely N-dealkylation sites (tertiary alicyclic amines) is 1. The van der Waals surface area contributed by atoms with Crippen molar-refractivity contribution in [3.63, 3.8) is 0 Å². The first kappa shape index (κ1) is 25.6. The molecule has 1 aliphatic heterocycles. The second-order valence-electron chi connectivity index (χ2n) is 11.1. The van der Waals surface area contributed by atoms with Crippen molar-refractivity contribution < 1.29 is 24.0 Å². The maximum absolute atomic E-state index is 14.1. The lowest BCUT2D eigenvalue weighted by atomic mass is 9.75. The van der Waals surface area contributed by atoms with E-state index in [4.69, 9.17) is 0 Å². The zero-order valence-electron chi connectivity index (χ0n) is 20.9. The summed E-state index contributed by atoms with van der Waals surface area (Å²) >= 11 is 0. The van der Waals surface area contributed by atoms with Crippen LogP contribution in [0, 0.1) is 11.3 Å². The molecular formula is C28H42NO4+. The van der Waals surface area contributed by atoms with E-state index in [0.717, 1.165) is 44.9 Å². The fourth-order valence-corrected chi connectivity index (χ4v) is 6.29. The highest BCUT2D eigenvalue weighted by molar-refractivity contribution is 6.35. The van der Waals surface area contributed by atoms with Crippen LogP contribution >= 0.6 is 0 Å². The van der Waals surface area contributed by atoms with Crippen molar-refractivity contribution in [2.45, 2.75) is 103 Å². The summed E-state index contributed by atoms with van der Waals surface area (Å²) in [7, 11) is 0. The van der Waals surface area contributed by atoms with Crippen LogP contribution in [0.5, 0.6) is 0 Å². The van der Waals surface area contributed by atoms with Gasteiger partial charge in [0.25, 0.3) is 5.78 Å². The molecule has 1 saturated heterocycles. The molecule has 0 bridgehead atoms. The summed E-state index contributed by atoms with van der Waals surface area (Å²) < 4.78 is -0.149. The van der Waals surface area contributed by atoms with Gasteiger partial charge in [0.1, 0.15) is 0 Å². The topological polar surface area (TPSA) is 71.4 Å². The monoisotopic (exact) mass is 456 g/mol. The molecule has 4 atom stereocenters. The number of carboxylic acid groups (broad SMARTS) is 1. The SMILES string of the molecule is CCC(C)(C)C(=O)C(=O)[N@+]1(C2CCCCC2)CCCC(CC(C)c2ccccc2)[C@H]1C(=O)O. The van der Waals surface area contributed by atoms with E-state index in [1.807, 2.05) is 39.0 Å². The molecule has 33 heavy (non-hydrogen) atoms. The van der Waals surface area contributed by atoms with Crippen LogP contribution in [-0.2, 0) is 14.4 Å². The average molecular weight is 457 g/mol. The number of benzene rings is 1. The van der Waals surface area contributed by atoms with E-state index in [1.165, 1.54) is 5.56 Å². The summed E-state index contributed by atoms with van der Waals surface area (Å²) in [5.41, 5.74) is 0.419. The highest BCUT2D eigenvalue weighted by atomic mass is 16.4. The zero-order valence-corrected chi connectivity index (χ0v) is 20.9. The standard InChI is InChI=1S/C28H41NO4/c1-5-28(3,4)25(30)26(31)29(23-16-10-7-11-17-23)18-12-15-22(24(29)27(32)33)19-20(2)21-13-8-6-9-14-21/h6,8-9,13-14,20,22-24H,5,7,10-12,15-19H2,1-4H3/p+1/t20?,22?,24-,29-/m0/s1. The Kier molecular flexibility index (Phi) is 8.15. The van der Waals surface area contributed by atoms with Crippen LogP contribution in [0.2, 0.25) is 0 Å². The maximum atomic E-state index is 14.1. The number of quaternary nitrogens is 1. The Balaban J connectivity index is 2.03. The van der Waals surface area contributed by atoms with Gasteiger partial charge in [-0.05, 0) is 62.8 Å². The third-order valence-electron chi connectivity index (χ3n) is 8.62. The van der Waals surface area contributed by atoms with Crippen molar-refractivity contribution in [2.24, 2.45) is 11.3 Å². The number of ketones is 1. The van der Waals surface area contributed by atoms with Gasteiger partial charge in [-0.15, -0.1) is 0 Å². The van der Waals surface area contributed by atoms with Gasteiger partial charge in [0.05, 0.1) is 12.6 Å². The van der Waals surface area contributed by atoms with Gasteiger partial charge in [-0.1, -0.05) is 64.4 Å². The normalized spacial score (nSPS) is 27.6. The van der Waals surface area contributed by atoms with Gasteiger partial charge in [-0.2, -0.15) is 0 Å². The van der Waals surface area contributed by atoms with Gasteiger partial charge in [-0.3, -0.25) is 4.79 Å². The number of carbonyl (C=O) groups excluding carboxylic acids is 2. The molecular weight excluding hydrogens is 414 g/mol. The summed E-state index contributed by atoms with van der Waals surface area (Å²) in [6.45, 7) is 8.18. The van der Waals surface area contributed by atoms with E-state index < -0.39 is 29.1 Å². The molecule has 2 unspecified atom stereocenters. The number of aliphatic carboxylic acids is 1. The van der Waals surface area contributed by atoms with E-state index in [9.17, 15) is 19.5 Å². The third kappa shape index (κ3) is 5.08. The molecule has 2 aliphatic rings. The van der Waals surface area contributed by atoms with Gasteiger partial charge >= 0.3 is 11.9 Å². The Morgan fingerprint density at radius 3 is 2.24 bits per heavy atom. The molecule has 1 heterocycles. The largest absolute Gasteiger partial charge is 0.477 e. The first-order valence-electron chi connectivity index (χ1n) is 12.9. The molecule has 1 aromatic carbocycles. The predicted molar refractivity (Wildman–Crippen MR) is 130 cm³/mol. The van der Waals surface area contributed by atoms with Gasteiger partial charge in [0, 0.05) is 11.3 Å². The number of amides is 1. The maximum Gasteiger partial charge on any atom is 0.383 e. The number of nitrogens with zero attached hydrogens (tertiary/aromatic N) is 1. The van der Waals surface area contributed by atoms with Crippen molar-refractivity contribution >= 4 is 17.7 Å². The van der Waals surface area contributed by atoms with Crippen LogP contribution in [0.1, 0.15) is 97.0 Å². The fourth-order valence-electron chi connectivity index (χ4n) is 6.29. The molecule has 1 amide bonds. The van der Waals surface area contributed by atoms with Crippen molar-refractivity contribution in [1.29, 1.82) is 0 Å². The molecule has 0 spiro atoms. The lowest BCUT2D eigenvalue weighted by molar-refractivity contribution is -0.903. The number of hydrogen-bond acceptors (Lipinski definition) is 3. The van der Waals surface area contributed by atoms with Gasteiger partial charge in [0.2, 0.25) is 0 Å². The van der Waals surface area contributed by atoms with Gasteiger partial charge < -0.3 is 5.11 Å². The minimum absolute atomic E-state index is 0.0706. The van der Waals surface area contributed by atoms with Crippen LogP contribution in [0.4, 0.5) is 0 Å². The summed E-state index contributed by atoms with van der Waals surface area (Å²) in [4.78, 5) is 40.5. The summed E-state index contributed by atoms with van der Waals surface area (Å²) in [5, 5.41) is 10.6. The van der Waals surface area contributed by atoms with Crippen molar-refractivity contribution in [1.82, 2.24) is 0 Å². The second kappa shape index (κ2) is 10.5.